The standard InChI is InChI=1S/C9H11F2N5O/c1-17-7-4(10)2-3-5(6(7)11)15-9(14)16-8(12)13/h2-3H,1H3,(H6,12,13,14,15,16). The minimum atomic E-state index is -0.985. The number of methoxy groups -OCH3 is 1. The number of rotatable bonds is 2. The minimum Gasteiger partial charge on any atom is -0.491 e. The maximum Gasteiger partial charge on any atom is 0.223 e. The molecule has 1 aromatic carbocycles. The molecule has 0 bridgehead atoms. The molecular weight excluding hydrogens is 232 g/mol. The van der Waals surface area contributed by atoms with Crippen LogP contribution in [-0.4, -0.2) is 19.0 Å². The van der Waals surface area contributed by atoms with Crippen LogP contribution in [0, 0.1) is 11.6 Å². The third-order valence-corrected chi connectivity index (χ3v) is 1.71. The van der Waals surface area contributed by atoms with E-state index in [9.17, 15) is 8.78 Å². The van der Waals surface area contributed by atoms with Gasteiger partial charge in [-0.05, 0) is 12.1 Å². The van der Waals surface area contributed by atoms with E-state index in [-0.39, 0.29) is 17.6 Å². The first-order valence-corrected chi connectivity index (χ1v) is 4.41. The molecule has 92 valence electrons. The molecule has 0 aliphatic rings. The number of hydrogen-bond donors (Lipinski definition) is 3. The second-order valence-corrected chi connectivity index (χ2v) is 2.92. The maximum absolute atomic E-state index is 13.6. The third kappa shape index (κ3) is 3.03. The predicted octanol–water partition coefficient (Wildman–Crippen LogP) is 0.193. The maximum atomic E-state index is 13.6. The highest BCUT2D eigenvalue weighted by Crippen LogP contribution is 2.29. The summed E-state index contributed by atoms with van der Waals surface area (Å²) in [5, 5.41) is 0. The smallest absolute Gasteiger partial charge is 0.223 e. The first-order chi connectivity index (χ1) is 7.95. The van der Waals surface area contributed by atoms with E-state index in [0.29, 0.717) is 0 Å². The largest absolute Gasteiger partial charge is 0.491 e. The van der Waals surface area contributed by atoms with Crippen LogP contribution in [0.15, 0.2) is 22.1 Å². The molecule has 0 radical (unpaired) electrons. The van der Waals surface area contributed by atoms with Crippen molar-refractivity contribution >= 4 is 17.6 Å². The molecule has 1 rings (SSSR count). The fraction of sp³-hybridized carbons (Fsp3) is 0.111. The molecule has 0 spiro atoms. The number of ether oxygens (including phenoxy) is 1. The second-order valence-electron chi connectivity index (χ2n) is 2.92. The van der Waals surface area contributed by atoms with Gasteiger partial charge in [-0.2, -0.15) is 4.99 Å². The highest BCUT2D eigenvalue weighted by atomic mass is 19.1. The van der Waals surface area contributed by atoms with Gasteiger partial charge in [0, 0.05) is 0 Å². The number of nitrogens with zero attached hydrogens (tertiary/aromatic N) is 2. The summed E-state index contributed by atoms with van der Waals surface area (Å²) in [6, 6.07) is 2.08. The van der Waals surface area contributed by atoms with Crippen molar-refractivity contribution in [2.75, 3.05) is 7.11 Å². The molecule has 0 aliphatic carbocycles. The number of nitrogens with two attached hydrogens (primary N) is 3. The van der Waals surface area contributed by atoms with Gasteiger partial charge in [0.2, 0.25) is 5.96 Å². The zero-order valence-corrected chi connectivity index (χ0v) is 8.95. The molecule has 0 aromatic heterocycles. The molecule has 17 heavy (non-hydrogen) atoms. The highest BCUT2D eigenvalue weighted by Gasteiger charge is 2.13. The molecule has 0 atom stereocenters. The summed E-state index contributed by atoms with van der Waals surface area (Å²) in [4.78, 5) is 6.96. The van der Waals surface area contributed by atoms with Crippen LogP contribution in [0.4, 0.5) is 14.5 Å². The fourth-order valence-electron chi connectivity index (χ4n) is 1.08. The van der Waals surface area contributed by atoms with Crippen LogP contribution in [0.25, 0.3) is 0 Å². The minimum absolute atomic E-state index is 0.231. The van der Waals surface area contributed by atoms with E-state index in [1.165, 1.54) is 0 Å². The van der Waals surface area contributed by atoms with Crippen LogP contribution < -0.4 is 21.9 Å². The lowest BCUT2D eigenvalue weighted by Crippen LogP contribution is -2.26. The van der Waals surface area contributed by atoms with Gasteiger partial charge in [-0.25, -0.2) is 13.8 Å². The summed E-state index contributed by atoms with van der Waals surface area (Å²) >= 11 is 0. The van der Waals surface area contributed by atoms with Crippen LogP contribution in [0.1, 0.15) is 0 Å². The molecule has 6 N–H and O–H groups in total. The van der Waals surface area contributed by atoms with Gasteiger partial charge < -0.3 is 21.9 Å². The van der Waals surface area contributed by atoms with Crippen LogP contribution in [0.5, 0.6) is 5.75 Å². The zero-order chi connectivity index (χ0) is 13.0. The normalized spacial score (nSPS) is 11.1. The van der Waals surface area contributed by atoms with Crippen LogP contribution >= 0.6 is 0 Å². The average molecular weight is 243 g/mol. The SMILES string of the molecule is COc1c(F)ccc(N=C(N)N=C(N)N)c1F. The number of hydrogen-bond acceptors (Lipinski definition) is 2. The summed E-state index contributed by atoms with van der Waals surface area (Å²) in [7, 11) is 1.13. The van der Waals surface area contributed by atoms with Crippen LogP contribution in [0.2, 0.25) is 0 Å². The molecule has 0 saturated heterocycles. The molecular formula is C9H11F2N5O. The van der Waals surface area contributed by atoms with E-state index in [1.807, 2.05) is 0 Å². The van der Waals surface area contributed by atoms with Crippen LogP contribution in [-0.2, 0) is 0 Å². The Morgan fingerprint density at radius 1 is 1.24 bits per heavy atom. The first-order valence-electron chi connectivity index (χ1n) is 4.41. The molecule has 8 heteroatoms. The Bertz CT molecular complexity index is 483. The summed E-state index contributed by atoms with van der Waals surface area (Å²) < 4.78 is 31.2. The Hall–Kier alpha value is -2.38. The van der Waals surface area contributed by atoms with Crippen molar-refractivity contribution < 1.29 is 13.5 Å². The summed E-state index contributed by atoms with van der Waals surface area (Å²) in [5.74, 6) is -3.05. The molecule has 0 saturated carbocycles. The van der Waals surface area contributed by atoms with E-state index in [0.717, 1.165) is 19.2 Å². The van der Waals surface area contributed by atoms with E-state index in [4.69, 9.17) is 17.2 Å². The van der Waals surface area contributed by atoms with E-state index in [2.05, 4.69) is 14.7 Å². The Morgan fingerprint density at radius 3 is 2.41 bits per heavy atom. The van der Waals surface area contributed by atoms with Gasteiger partial charge in [-0.3, -0.25) is 0 Å². The van der Waals surface area contributed by atoms with Crippen molar-refractivity contribution in [2.24, 2.45) is 27.2 Å². The lowest BCUT2D eigenvalue weighted by atomic mass is 10.3. The molecule has 0 unspecified atom stereocenters. The number of aliphatic imine (C=N–C) groups is 2. The van der Waals surface area contributed by atoms with Gasteiger partial charge in [0.05, 0.1) is 7.11 Å². The van der Waals surface area contributed by atoms with Gasteiger partial charge in [0.15, 0.2) is 23.3 Å². The topological polar surface area (TPSA) is 112 Å². The van der Waals surface area contributed by atoms with Gasteiger partial charge in [0.25, 0.3) is 0 Å². The van der Waals surface area contributed by atoms with Gasteiger partial charge in [0.1, 0.15) is 5.69 Å². The summed E-state index contributed by atoms with van der Waals surface area (Å²) in [6.45, 7) is 0. The lowest BCUT2D eigenvalue weighted by molar-refractivity contribution is 0.360. The fourth-order valence-corrected chi connectivity index (χ4v) is 1.08. The number of halogens is 2. The van der Waals surface area contributed by atoms with E-state index in [1.54, 1.807) is 0 Å². The van der Waals surface area contributed by atoms with Crippen molar-refractivity contribution in [2.45, 2.75) is 0 Å². The predicted molar refractivity (Wildman–Crippen MR) is 60.0 cm³/mol. The molecule has 1 aromatic rings. The molecule has 6 nitrogen and oxygen atoms in total. The van der Waals surface area contributed by atoms with Crippen molar-refractivity contribution in [3.8, 4) is 5.75 Å². The van der Waals surface area contributed by atoms with Gasteiger partial charge >= 0.3 is 0 Å². The van der Waals surface area contributed by atoms with Crippen molar-refractivity contribution in [3.63, 3.8) is 0 Å². The van der Waals surface area contributed by atoms with Crippen molar-refractivity contribution in [3.05, 3.63) is 23.8 Å². The van der Waals surface area contributed by atoms with E-state index >= 15 is 0 Å². The third-order valence-electron chi connectivity index (χ3n) is 1.71. The molecule has 0 fully saturated rings. The number of guanidine groups is 2. The van der Waals surface area contributed by atoms with Gasteiger partial charge in [-0.15, -0.1) is 0 Å². The molecule has 0 heterocycles. The average Bonchev–Trinajstić information content (AvgIpc) is 2.22. The summed E-state index contributed by atoms with van der Waals surface area (Å²) in [5.41, 5.74) is 15.2. The zero-order valence-electron chi connectivity index (χ0n) is 8.95. The van der Waals surface area contributed by atoms with Crippen molar-refractivity contribution in [1.29, 1.82) is 0 Å². The Kier molecular flexibility index (Phi) is 3.81. The Morgan fingerprint density at radius 2 is 1.88 bits per heavy atom. The Labute approximate surface area is 95.8 Å². The number of benzene rings is 1. The Balaban J connectivity index is 3.21. The lowest BCUT2D eigenvalue weighted by Gasteiger charge is -2.05. The molecule has 0 amide bonds. The van der Waals surface area contributed by atoms with Crippen LogP contribution in [0.3, 0.4) is 0 Å². The second kappa shape index (κ2) is 5.10. The highest BCUT2D eigenvalue weighted by molar-refractivity contribution is 5.93. The monoisotopic (exact) mass is 243 g/mol. The first kappa shape index (κ1) is 12.7. The quantitative estimate of drug-likeness (QED) is 0.508. The molecule has 0 aliphatic heterocycles. The van der Waals surface area contributed by atoms with Gasteiger partial charge in [-0.1, -0.05) is 0 Å². The summed E-state index contributed by atoms with van der Waals surface area (Å²) in [6.07, 6.45) is 0. The van der Waals surface area contributed by atoms with Crippen molar-refractivity contribution in [1.82, 2.24) is 0 Å². The van der Waals surface area contributed by atoms with E-state index < -0.39 is 17.4 Å².